The van der Waals surface area contributed by atoms with Gasteiger partial charge in [0.25, 0.3) is 5.91 Å². The van der Waals surface area contributed by atoms with Gasteiger partial charge in [0, 0.05) is 10.9 Å². The molecular weight excluding hydrogens is 329 g/mol. The van der Waals surface area contributed by atoms with Crippen LogP contribution in [0.2, 0.25) is 10.0 Å². The van der Waals surface area contributed by atoms with Gasteiger partial charge >= 0.3 is 0 Å². The topological polar surface area (TPSA) is 54.9 Å². The van der Waals surface area contributed by atoms with Crippen LogP contribution >= 0.6 is 34.5 Å². The maximum Gasteiger partial charge on any atom is 0.259 e. The second-order valence-electron chi connectivity index (χ2n) is 4.71. The first-order valence-corrected chi connectivity index (χ1v) is 8.18. The third kappa shape index (κ3) is 4.15. The maximum atomic E-state index is 12.2. The molecular formula is C14H15Cl2N3OS. The molecule has 2 rings (SSSR count). The molecule has 0 saturated heterocycles. The summed E-state index contributed by atoms with van der Waals surface area (Å²) in [4.78, 5) is 12.2. The third-order valence-electron chi connectivity index (χ3n) is 2.98. The number of benzene rings is 1. The molecule has 2 aromatic rings. The smallest absolute Gasteiger partial charge is 0.259 e. The van der Waals surface area contributed by atoms with Crippen molar-refractivity contribution in [3.05, 3.63) is 38.8 Å². The van der Waals surface area contributed by atoms with Gasteiger partial charge < -0.3 is 0 Å². The van der Waals surface area contributed by atoms with Crippen molar-refractivity contribution in [2.45, 2.75) is 32.6 Å². The van der Waals surface area contributed by atoms with Crippen LogP contribution in [0.25, 0.3) is 0 Å². The van der Waals surface area contributed by atoms with E-state index in [0.717, 1.165) is 17.8 Å². The summed E-state index contributed by atoms with van der Waals surface area (Å²) in [5.41, 5.74) is 0.322. The van der Waals surface area contributed by atoms with Gasteiger partial charge in [0.1, 0.15) is 5.01 Å². The summed E-state index contributed by atoms with van der Waals surface area (Å²) < 4.78 is 0. The fraction of sp³-hybridized carbons (Fsp3) is 0.357. The molecule has 0 aliphatic heterocycles. The lowest BCUT2D eigenvalue weighted by atomic mass is 10.1. The minimum Gasteiger partial charge on any atom is -0.296 e. The zero-order valence-electron chi connectivity index (χ0n) is 11.7. The molecule has 21 heavy (non-hydrogen) atoms. The highest BCUT2D eigenvalue weighted by Gasteiger charge is 2.16. The number of nitrogens with zero attached hydrogens (tertiary/aromatic N) is 2. The van der Waals surface area contributed by atoms with Gasteiger partial charge in [-0.05, 0) is 24.6 Å². The van der Waals surface area contributed by atoms with Gasteiger partial charge in [-0.1, -0.05) is 54.8 Å². The molecule has 0 fully saturated rings. The van der Waals surface area contributed by atoms with Crippen LogP contribution in [0, 0.1) is 0 Å². The van der Waals surface area contributed by atoms with Crippen molar-refractivity contribution in [3.63, 3.8) is 0 Å². The molecule has 1 amide bonds. The van der Waals surface area contributed by atoms with E-state index in [2.05, 4.69) is 29.4 Å². The Morgan fingerprint density at radius 3 is 2.86 bits per heavy atom. The van der Waals surface area contributed by atoms with Crippen LogP contribution in [-0.4, -0.2) is 16.1 Å². The van der Waals surface area contributed by atoms with Crippen LogP contribution < -0.4 is 5.32 Å². The molecule has 0 bridgehead atoms. The van der Waals surface area contributed by atoms with Gasteiger partial charge in [0.15, 0.2) is 0 Å². The Bertz CT molecular complexity index is 645. The molecule has 0 spiro atoms. The summed E-state index contributed by atoms with van der Waals surface area (Å²) >= 11 is 13.3. The van der Waals surface area contributed by atoms with Crippen molar-refractivity contribution >= 4 is 45.6 Å². The lowest BCUT2D eigenvalue weighted by Gasteiger charge is -2.04. The summed E-state index contributed by atoms with van der Waals surface area (Å²) in [5, 5.41) is 13.0. The van der Waals surface area contributed by atoms with Crippen LogP contribution in [0.4, 0.5) is 5.13 Å². The van der Waals surface area contributed by atoms with Gasteiger partial charge in [0.05, 0.1) is 10.6 Å². The Hall–Kier alpha value is -1.17. The van der Waals surface area contributed by atoms with E-state index in [1.807, 2.05) is 0 Å². The maximum absolute atomic E-state index is 12.2. The molecule has 0 radical (unpaired) electrons. The van der Waals surface area contributed by atoms with E-state index >= 15 is 0 Å². The molecule has 0 aliphatic carbocycles. The fourth-order valence-corrected chi connectivity index (χ4v) is 3.08. The van der Waals surface area contributed by atoms with Crippen LogP contribution in [-0.2, 0) is 0 Å². The molecule has 1 heterocycles. The predicted molar refractivity (Wildman–Crippen MR) is 87.6 cm³/mol. The highest BCUT2D eigenvalue weighted by atomic mass is 35.5. The van der Waals surface area contributed by atoms with Gasteiger partial charge in [-0.25, -0.2) is 0 Å². The van der Waals surface area contributed by atoms with Crippen LogP contribution in [0.1, 0.15) is 48.0 Å². The number of carbonyl (C=O) groups excluding carboxylic acids is 1. The van der Waals surface area contributed by atoms with Crippen LogP contribution in [0.5, 0.6) is 0 Å². The molecule has 0 saturated carbocycles. The van der Waals surface area contributed by atoms with Crippen molar-refractivity contribution in [2.75, 3.05) is 5.32 Å². The molecule has 7 heteroatoms. The van der Waals surface area contributed by atoms with Crippen molar-refractivity contribution in [1.29, 1.82) is 0 Å². The number of carbonyl (C=O) groups is 1. The number of aromatic nitrogens is 2. The minimum absolute atomic E-state index is 0.322. The molecule has 1 aromatic heterocycles. The number of anilines is 1. The van der Waals surface area contributed by atoms with E-state index in [-0.39, 0.29) is 5.91 Å². The van der Waals surface area contributed by atoms with Crippen LogP contribution in [0.3, 0.4) is 0 Å². The van der Waals surface area contributed by atoms with E-state index < -0.39 is 0 Å². The molecule has 112 valence electrons. The number of hydrogen-bond acceptors (Lipinski definition) is 4. The Balaban J connectivity index is 2.11. The van der Waals surface area contributed by atoms with Crippen molar-refractivity contribution in [3.8, 4) is 0 Å². The Morgan fingerprint density at radius 2 is 2.14 bits per heavy atom. The molecule has 1 aromatic carbocycles. The van der Waals surface area contributed by atoms with E-state index in [4.69, 9.17) is 23.2 Å². The van der Waals surface area contributed by atoms with Crippen molar-refractivity contribution in [1.82, 2.24) is 10.2 Å². The molecule has 4 nitrogen and oxygen atoms in total. The number of nitrogens with one attached hydrogen (secondary N) is 1. The number of amides is 1. The predicted octanol–water partition coefficient (Wildman–Crippen LogP) is 5.00. The summed E-state index contributed by atoms with van der Waals surface area (Å²) in [6, 6.07) is 4.75. The lowest BCUT2D eigenvalue weighted by Crippen LogP contribution is -2.12. The van der Waals surface area contributed by atoms with Gasteiger partial charge in [-0.15, -0.1) is 10.2 Å². The molecule has 1 unspecified atom stereocenters. The summed E-state index contributed by atoms with van der Waals surface area (Å²) in [7, 11) is 0. The van der Waals surface area contributed by atoms with Gasteiger partial charge in [-0.3, -0.25) is 10.1 Å². The first kappa shape index (κ1) is 16.2. The number of hydrogen-bond donors (Lipinski definition) is 1. The monoisotopic (exact) mass is 343 g/mol. The minimum atomic E-state index is -0.339. The summed E-state index contributed by atoms with van der Waals surface area (Å²) in [5.74, 6) is 0.00116. The molecule has 0 aliphatic rings. The molecule has 1 atom stereocenters. The van der Waals surface area contributed by atoms with Gasteiger partial charge in [0.2, 0.25) is 5.13 Å². The average molecular weight is 344 g/mol. The van der Waals surface area contributed by atoms with Crippen LogP contribution in [0.15, 0.2) is 18.2 Å². The average Bonchev–Trinajstić information content (AvgIpc) is 2.90. The Labute approximate surface area is 137 Å². The van der Waals surface area contributed by atoms with Crippen molar-refractivity contribution in [2.24, 2.45) is 0 Å². The zero-order valence-corrected chi connectivity index (χ0v) is 14.0. The Kier molecular flexibility index (Phi) is 5.56. The summed E-state index contributed by atoms with van der Waals surface area (Å²) in [6.45, 7) is 4.23. The second-order valence-corrected chi connectivity index (χ2v) is 6.57. The van der Waals surface area contributed by atoms with E-state index in [0.29, 0.717) is 26.7 Å². The fourth-order valence-electron chi connectivity index (χ4n) is 1.88. The largest absolute Gasteiger partial charge is 0.296 e. The highest BCUT2D eigenvalue weighted by molar-refractivity contribution is 7.15. The lowest BCUT2D eigenvalue weighted by molar-refractivity contribution is 0.102. The third-order valence-corrected chi connectivity index (χ3v) is 4.61. The van der Waals surface area contributed by atoms with E-state index in [1.54, 1.807) is 12.1 Å². The SMILES string of the molecule is CCCC(C)c1nnc(NC(=O)c2cc(Cl)ccc2Cl)s1. The summed E-state index contributed by atoms with van der Waals surface area (Å²) in [6.07, 6.45) is 2.13. The highest BCUT2D eigenvalue weighted by Crippen LogP contribution is 2.27. The van der Waals surface area contributed by atoms with E-state index in [9.17, 15) is 4.79 Å². The van der Waals surface area contributed by atoms with Crippen molar-refractivity contribution < 1.29 is 4.79 Å². The first-order chi connectivity index (χ1) is 10.0. The normalized spacial score (nSPS) is 12.2. The molecule has 1 N–H and O–H groups in total. The quantitative estimate of drug-likeness (QED) is 0.830. The van der Waals surface area contributed by atoms with E-state index in [1.165, 1.54) is 17.4 Å². The first-order valence-electron chi connectivity index (χ1n) is 6.61. The standard InChI is InChI=1S/C14H15Cl2N3OS/c1-3-4-8(2)13-18-19-14(21-13)17-12(20)10-7-9(15)5-6-11(10)16/h5-8H,3-4H2,1-2H3,(H,17,19,20). The Morgan fingerprint density at radius 1 is 1.38 bits per heavy atom. The van der Waals surface area contributed by atoms with Gasteiger partial charge in [-0.2, -0.15) is 0 Å². The zero-order chi connectivity index (χ0) is 15.4. The number of halogens is 2. The number of rotatable bonds is 5. The second kappa shape index (κ2) is 7.20.